The Morgan fingerprint density at radius 2 is 1.31 bits per heavy atom. The van der Waals surface area contributed by atoms with Crippen molar-refractivity contribution in [2.24, 2.45) is 0 Å². The van der Waals surface area contributed by atoms with Crippen molar-refractivity contribution in [3.8, 4) is 22.6 Å². The quantitative estimate of drug-likeness (QED) is 0.157. The number of ether oxygens (including phenoxy) is 1. The van der Waals surface area contributed by atoms with Crippen LogP contribution in [0.2, 0.25) is 0 Å². The highest BCUT2D eigenvalue weighted by molar-refractivity contribution is 7.99. The van der Waals surface area contributed by atoms with Gasteiger partial charge in [0.25, 0.3) is 0 Å². The molecule has 1 aliphatic carbocycles. The van der Waals surface area contributed by atoms with Crippen molar-refractivity contribution in [3.63, 3.8) is 0 Å². The second-order valence-electron chi connectivity index (χ2n) is 18.2. The number of nitrogens with zero attached hydrogens (tertiary/aromatic N) is 2. The summed E-state index contributed by atoms with van der Waals surface area (Å²) in [4.78, 5) is 7.90. The zero-order valence-corrected chi connectivity index (χ0v) is 33.3. The van der Waals surface area contributed by atoms with E-state index in [2.05, 4.69) is 168 Å². The summed E-state index contributed by atoms with van der Waals surface area (Å²) in [5.41, 5.74) is 19.7. The third kappa shape index (κ3) is 4.22. The first kappa shape index (κ1) is 32.6. The van der Waals surface area contributed by atoms with Crippen LogP contribution < -0.4 is 25.4 Å². The molecule has 0 saturated carbocycles. The molecule has 0 bridgehead atoms. The molecule has 3 nitrogen and oxygen atoms in total. The number of aryl methyl sites for hydroxylation is 2. The van der Waals surface area contributed by atoms with Gasteiger partial charge >= 0.3 is 6.85 Å². The highest BCUT2D eigenvalue weighted by Gasteiger charge is 2.49. The van der Waals surface area contributed by atoms with Crippen molar-refractivity contribution in [3.05, 3.63) is 137 Å². The van der Waals surface area contributed by atoms with E-state index in [1.54, 1.807) is 0 Å². The number of benzene rings is 6. The Morgan fingerprint density at radius 3 is 2.13 bits per heavy atom. The van der Waals surface area contributed by atoms with Crippen molar-refractivity contribution >= 4 is 58.0 Å². The Balaban J connectivity index is 1.27. The lowest BCUT2D eigenvalue weighted by atomic mass is 9.43. The van der Waals surface area contributed by atoms with Crippen molar-refractivity contribution in [1.82, 2.24) is 0 Å². The van der Waals surface area contributed by atoms with Gasteiger partial charge in [0.2, 0.25) is 0 Å². The second kappa shape index (κ2) is 10.7. The lowest BCUT2D eigenvalue weighted by Crippen LogP contribution is -2.62. The number of para-hydroxylation sites is 3. The van der Waals surface area contributed by atoms with Gasteiger partial charge in [-0.05, 0) is 113 Å². The third-order valence-corrected chi connectivity index (χ3v) is 14.6. The molecule has 4 aliphatic heterocycles. The molecule has 0 aromatic heterocycles. The molecule has 11 rings (SSSR count). The van der Waals surface area contributed by atoms with E-state index >= 15 is 0 Å². The molecule has 266 valence electrons. The van der Waals surface area contributed by atoms with Crippen LogP contribution in [-0.2, 0) is 16.2 Å². The maximum atomic E-state index is 6.92. The fourth-order valence-electron chi connectivity index (χ4n) is 10.5. The predicted molar refractivity (Wildman–Crippen MR) is 228 cm³/mol. The molecule has 0 radical (unpaired) electrons. The number of hydrogen-bond acceptors (Lipinski definition) is 4. The summed E-state index contributed by atoms with van der Waals surface area (Å²) in [7, 11) is 0. The molecule has 54 heavy (non-hydrogen) atoms. The van der Waals surface area contributed by atoms with Gasteiger partial charge in [-0.15, -0.1) is 0 Å². The first-order chi connectivity index (χ1) is 25.8. The van der Waals surface area contributed by atoms with E-state index in [-0.39, 0.29) is 23.1 Å². The Morgan fingerprint density at radius 1 is 0.593 bits per heavy atom. The molecule has 0 unspecified atom stereocenters. The zero-order chi connectivity index (χ0) is 37.1. The third-order valence-electron chi connectivity index (χ3n) is 13.5. The van der Waals surface area contributed by atoms with Crippen LogP contribution in [0.3, 0.4) is 0 Å². The summed E-state index contributed by atoms with van der Waals surface area (Å²) >= 11 is 1.90. The molecular weight excluding hydrogens is 675 g/mol. The highest BCUT2D eigenvalue weighted by atomic mass is 32.2. The molecule has 0 N–H and O–H groups in total. The minimum Gasteiger partial charge on any atom is -0.457 e. The molecule has 6 aromatic carbocycles. The average Bonchev–Trinajstić information content (AvgIpc) is 3.14. The van der Waals surface area contributed by atoms with Gasteiger partial charge in [-0.3, -0.25) is 0 Å². The second-order valence-corrected chi connectivity index (χ2v) is 19.2. The molecule has 4 heterocycles. The topological polar surface area (TPSA) is 15.7 Å². The van der Waals surface area contributed by atoms with Gasteiger partial charge in [0.05, 0.1) is 5.69 Å². The fourth-order valence-corrected chi connectivity index (χ4v) is 11.6. The largest absolute Gasteiger partial charge is 0.457 e. The zero-order valence-electron chi connectivity index (χ0n) is 32.5. The summed E-state index contributed by atoms with van der Waals surface area (Å²) in [5.74, 6) is 1.89. The van der Waals surface area contributed by atoms with Crippen molar-refractivity contribution < 1.29 is 4.74 Å². The number of fused-ring (bicyclic) bond motifs is 9. The van der Waals surface area contributed by atoms with Crippen LogP contribution in [0.25, 0.3) is 11.1 Å². The van der Waals surface area contributed by atoms with Crippen molar-refractivity contribution in [2.75, 3.05) is 9.71 Å². The molecule has 0 saturated heterocycles. The first-order valence-corrected chi connectivity index (χ1v) is 20.4. The molecule has 0 fully saturated rings. The SMILES string of the molecule is Cc1cc2c3c(c1)N(c1cc4c(cc1C)C(C)(C)CCC4(C)C)c1cc4c(cc1B3N1c3ccccc3Sc3cccc-2c31)C(C)(C)c1ccccc1O4. The normalized spacial score (nSPS) is 18.3. The van der Waals surface area contributed by atoms with Crippen LogP contribution in [0, 0.1) is 13.8 Å². The summed E-state index contributed by atoms with van der Waals surface area (Å²) in [6.07, 6.45) is 2.37. The van der Waals surface area contributed by atoms with Gasteiger partial charge in [0.15, 0.2) is 0 Å². The number of hydrogen-bond donors (Lipinski definition) is 0. The van der Waals surface area contributed by atoms with E-state index in [9.17, 15) is 0 Å². The number of rotatable bonds is 1. The number of anilines is 5. The minimum atomic E-state index is -0.245. The van der Waals surface area contributed by atoms with E-state index in [4.69, 9.17) is 4.74 Å². The van der Waals surface area contributed by atoms with Crippen LogP contribution in [0.5, 0.6) is 11.5 Å². The molecular formula is C49H45BN2OS. The van der Waals surface area contributed by atoms with Gasteiger partial charge in [-0.1, -0.05) is 114 Å². The first-order valence-electron chi connectivity index (χ1n) is 19.6. The lowest BCUT2D eigenvalue weighted by molar-refractivity contribution is 0.332. The Bertz CT molecular complexity index is 2650. The van der Waals surface area contributed by atoms with Crippen molar-refractivity contribution in [2.45, 2.75) is 94.3 Å². The van der Waals surface area contributed by atoms with Gasteiger partial charge in [0.1, 0.15) is 11.5 Å². The van der Waals surface area contributed by atoms with E-state index in [1.165, 1.54) is 107 Å². The lowest BCUT2D eigenvalue weighted by Gasteiger charge is -2.49. The van der Waals surface area contributed by atoms with Crippen LogP contribution >= 0.6 is 11.8 Å². The van der Waals surface area contributed by atoms with Gasteiger partial charge in [0, 0.05) is 60.7 Å². The fraction of sp³-hybridized carbons (Fsp3) is 0.265. The van der Waals surface area contributed by atoms with Gasteiger partial charge in [-0.2, -0.15) is 0 Å². The summed E-state index contributed by atoms with van der Waals surface area (Å²) in [6, 6.07) is 39.4. The maximum Gasteiger partial charge on any atom is 0.333 e. The molecule has 5 heteroatoms. The Labute approximate surface area is 324 Å². The van der Waals surface area contributed by atoms with E-state index in [0.29, 0.717) is 0 Å². The van der Waals surface area contributed by atoms with E-state index < -0.39 is 0 Å². The van der Waals surface area contributed by atoms with Crippen LogP contribution in [0.4, 0.5) is 28.4 Å². The minimum absolute atomic E-state index is 0.0240. The van der Waals surface area contributed by atoms with Crippen LogP contribution in [-0.4, -0.2) is 6.85 Å². The summed E-state index contributed by atoms with van der Waals surface area (Å²) in [5, 5.41) is 0. The molecule has 6 aromatic rings. The molecule has 0 amide bonds. The maximum absolute atomic E-state index is 6.92. The average molecular weight is 721 g/mol. The van der Waals surface area contributed by atoms with Gasteiger partial charge < -0.3 is 14.4 Å². The van der Waals surface area contributed by atoms with Crippen LogP contribution in [0.1, 0.15) is 87.8 Å². The monoisotopic (exact) mass is 720 g/mol. The molecule has 0 atom stereocenters. The van der Waals surface area contributed by atoms with Crippen molar-refractivity contribution in [1.29, 1.82) is 0 Å². The predicted octanol–water partition coefficient (Wildman–Crippen LogP) is 12.3. The Kier molecular flexibility index (Phi) is 6.43. The Hall–Kier alpha value is -4.87. The smallest absolute Gasteiger partial charge is 0.333 e. The molecule has 0 spiro atoms. The summed E-state index contributed by atoms with van der Waals surface area (Å²) < 4.78 is 6.92. The summed E-state index contributed by atoms with van der Waals surface area (Å²) in [6.45, 7) is 19.1. The van der Waals surface area contributed by atoms with Crippen LogP contribution in [0.15, 0.2) is 113 Å². The van der Waals surface area contributed by atoms with E-state index in [1.807, 2.05) is 11.8 Å². The van der Waals surface area contributed by atoms with Gasteiger partial charge in [-0.25, -0.2) is 0 Å². The molecule has 5 aliphatic rings. The standard InChI is InChI=1S/C49H45BN2OS/c1-28-22-31-30-14-13-19-44-46(30)52(37-16-10-12-18-43(37)54-44)50-36-25-35-42(53-41-17-11-9-15-32(41)49(35,7)8)27-39(36)51(40(23-28)45(31)50)38-26-34-33(24-29(38)2)47(3,4)20-21-48(34,5)6/h9-19,22-27H,20-21H2,1-8H3. The van der Waals surface area contributed by atoms with E-state index in [0.717, 1.165) is 11.5 Å². The highest BCUT2D eigenvalue weighted by Crippen LogP contribution is 2.58.